The highest BCUT2D eigenvalue weighted by Gasteiger charge is 2.31. The average Bonchev–Trinajstić information content (AvgIpc) is 2.84. The minimum atomic E-state index is -0.875. The molecule has 98 valence electrons. The number of hydrogen-bond donors (Lipinski definition) is 2. The Morgan fingerprint density at radius 2 is 2.44 bits per heavy atom. The van der Waals surface area contributed by atoms with Gasteiger partial charge >= 0.3 is 5.97 Å². The van der Waals surface area contributed by atoms with Crippen LogP contribution in [-0.4, -0.2) is 46.3 Å². The Kier molecular flexibility index (Phi) is 4.17. The predicted molar refractivity (Wildman–Crippen MR) is 66.0 cm³/mol. The third kappa shape index (κ3) is 3.21. The highest BCUT2D eigenvalue weighted by Crippen LogP contribution is 2.18. The van der Waals surface area contributed by atoms with Crippen molar-refractivity contribution in [2.45, 2.75) is 25.0 Å². The molecule has 5 nitrogen and oxygen atoms in total. The van der Waals surface area contributed by atoms with E-state index in [4.69, 9.17) is 9.52 Å². The highest BCUT2D eigenvalue weighted by molar-refractivity contribution is 5.73. The molecule has 1 aromatic rings. The third-order valence-electron chi connectivity index (χ3n) is 3.14. The van der Waals surface area contributed by atoms with Crippen molar-refractivity contribution in [3.8, 4) is 0 Å². The molecule has 2 heterocycles. The van der Waals surface area contributed by atoms with Crippen LogP contribution in [0, 0.1) is 0 Å². The van der Waals surface area contributed by atoms with E-state index in [0.717, 1.165) is 5.76 Å². The minimum absolute atomic E-state index is 0.296. The Bertz CT molecular complexity index is 413. The summed E-state index contributed by atoms with van der Waals surface area (Å²) < 4.78 is 5.15. The first-order valence-electron chi connectivity index (χ1n) is 6.02. The van der Waals surface area contributed by atoms with Gasteiger partial charge in [0.2, 0.25) is 0 Å². The van der Waals surface area contributed by atoms with E-state index in [2.05, 4.69) is 0 Å². The zero-order valence-electron chi connectivity index (χ0n) is 10.0. The summed E-state index contributed by atoms with van der Waals surface area (Å²) in [5, 5.41) is 18.6. The lowest BCUT2D eigenvalue weighted by Crippen LogP contribution is -2.48. The van der Waals surface area contributed by atoms with Gasteiger partial charge in [0.1, 0.15) is 11.8 Å². The number of aliphatic carboxylic acids is 1. The van der Waals surface area contributed by atoms with Gasteiger partial charge in [0.05, 0.1) is 12.4 Å². The number of likely N-dealkylation sites (tertiary alicyclic amines) is 1. The Balaban J connectivity index is 1.92. The molecule has 0 aliphatic carbocycles. The summed E-state index contributed by atoms with van der Waals surface area (Å²) in [6.45, 7) is 1.14. The van der Waals surface area contributed by atoms with Crippen LogP contribution in [0.15, 0.2) is 28.9 Å². The van der Waals surface area contributed by atoms with Gasteiger partial charge in [-0.15, -0.1) is 0 Å². The minimum Gasteiger partial charge on any atom is -0.480 e. The molecule has 18 heavy (non-hydrogen) atoms. The standard InChI is InChI=1S/C13H17NO4/c15-10-5-7-14(12(9-10)13(16)17)6-1-3-11-4-2-8-18-11/h1-4,8,10,12,15H,5-7,9H2,(H,16,17)/t10-,12+/m0/s1. The average molecular weight is 251 g/mol. The fourth-order valence-corrected chi connectivity index (χ4v) is 2.16. The molecule has 0 spiro atoms. The molecule has 0 bridgehead atoms. The number of nitrogens with zero attached hydrogens (tertiary/aromatic N) is 1. The lowest BCUT2D eigenvalue weighted by molar-refractivity contribution is -0.146. The quantitative estimate of drug-likeness (QED) is 0.841. The second-order valence-corrected chi connectivity index (χ2v) is 4.44. The molecule has 1 aliphatic rings. The molecule has 0 aromatic carbocycles. The molecular weight excluding hydrogens is 234 g/mol. The van der Waals surface area contributed by atoms with E-state index in [9.17, 15) is 9.90 Å². The van der Waals surface area contributed by atoms with Crippen molar-refractivity contribution in [3.05, 3.63) is 30.2 Å². The van der Waals surface area contributed by atoms with E-state index < -0.39 is 18.1 Å². The first-order valence-corrected chi connectivity index (χ1v) is 6.02. The number of furan rings is 1. The van der Waals surface area contributed by atoms with Crippen LogP contribution in [0.2, 0.25) is 0 Å². The Labute approximate surface area is 105 Å². The summed E-state index contributed by atoms with van der Waals surface area (Å²) in [5.41, 5.74) is 0. The number of carbonyl (C=O) groups is 1. The summed E-state index contributed by atoms with van der Waals surface area (Å²) in [7, 11) is 0. The third-order valence-corrected chi connectivity index (χ3v) is 3.14. The first kappa shape index (κ1) is 12.9. The molecule has 2 rings (SSSR count). The number of aliphatic hydroxyl groups is 1. The lowest BCUT2D eigenvalue weighted by atomic mass is 9.99. The van der Waals surface area contributed by atoms with Crippen LogP contribution in [0.1, 0.15) is 18.6 Å². The zero-order valence-corrected chi connectivity index (χ0v) is 10.0. The van der Waals surface area contributed by atoms with Gasteiger partial charge in [0.15, 0.2) is 0 Å². The van der Waals surface area contributed by atoms with Crippen LogP contribution >= 0.6 is 0 Å². The van der Waals surface area contributed by atoms with E-state index in [0.29, 0.717) is 25.9 Å². The summed E-state index contributed by atoms with van der Waals surface area (Å²) in [6, 6.07) is 3.04. The van der Waals surface area contributed by atoms with E-state index in [1.807, 2.05) is 23.1 Å². The lowest BCUT2D eigenvalue weighted by Gasteiger charge is -2.34. The molecule has 1 saturated heterocycles. The number of piperidine rings is 1. The van der Waals surface area contributed by atoms with Crippen molar-refractivity contribution in [2.75, 3.05) is 13.1 Å². The van der Waals surface area contributed by atoms with Gasteiger partial charge in [-0.1, -0.05) is 6.08 Å². The van der Waals surface area contributed by atoms with Crippen LogP contribution in [0.4, 0.5) is 0 Å². The second kappa shape index (κ2) is 5.84. The van der Waals surface area contributed by atoms with Crippen molar-refractivity contribution in [1.29, 1.82) is 0 Å². The van der Waals surface area contributed by atoms with Gasteiger partial charge in [0.25, 0.3) is 0 Å². The maximum Gasteiger partial charge on any atom is 0.321 e. The van der Waals surface area contributed by atoms with Crippen molar-refractivity contribution in [3.63, 3.8) is 0 Å². The molecule has 2 atom stereocenters. The fourth-order valence-electron chi connectivity index (χ4n) is 2.16. The Hall–Kier alpha value is -1.59. The van der Waals surface area contributed by atoms with Gasteiger partial charge in [-0.05, 0) is 31.1 Å². The highest BCUT2D eigenvalue weighted by atomic mass is 16.4. The van der Waals surface area contributed by atoms with Gasteiger partial charge in [0, 0.05) is 13.1 Å². The van der Waals surface area contributed by atoms with Crippen LogP contribution in [0.25, 0.3) is 6.08 Å². The number of rotatable bonds is 4. The van der Waals surface area contributed by atoms with Crippen LogP contribution in [0.3, 0.4) is 0 Å². The van der Waals surface area contributed by atoms with Crippen molar-refractivity contribution in [1.82, 2.24) is 4.90 Å². The van der Waals surface area contributed by atoms with Crippen LogP contribution in [0.5, 0.6) is 0 Å². The van der Waals surface area contributed by atoms with E-state index in [-0.39, 0.29) is 0 Å². The molecule has 0 amide bonds. The normalized spacial score (nSPS) is 25.6. The molecule has 5 heteroatoms. The predicted octanol–water partition coefficient (Wildman–Crippen LogP) is 1.20. The molecule has 2 N–H and O–H groups in total. The molecule has 1 fully saturated rings. The number of hydrogen-bond acceptors (Lipinski definition) is 4. The van der Waals surface area contributed by atoms with Gasteiger partial charge < -0.3 is 14.6 Å². The number of carboxylic acids is 1. The molecule has 1 aromatic heterocycles. The van der Waals surface area contributed by atoms with Gasteiger partial charge in [-0.2, -0.15) is 0 Å². The first-order chi connectivity index (χ1) is 8.66. The van der Waals surface area contributed by atoms with Crippen molar-refractivity contribution in [2.24, 2.45) is 0 Å². The largest absolute Gasteiger partial charge is 0.480 e. The molecule has 0 unspecified atom stereocenters. The van der Waals surface area contributed by atoms with Gasteiger partial charge in [-0.3, -0.25) is 9.69 Å². The number of carboxylic acid groups (broad SMARTS) is 1. The smallest absolute Gasteiger partial charge is 0.321 e. The summed E-state index contributed by atoms with van der Waals surface area (Å²) >= 11 is 0. The van der Waals surface area contributed by atoms with E-state index in [1.165, 1.54) is 0 Å². The Morgan fingerprint density at radius 1 is 1.61 bits per heavy atom. The summed E-state index contributed by atoms with van der Waals surface area (Å²) in [4.78, 5) is 13.0. The molecule has 0 saturated carbocycles. The van der Waals surface area contributed by atoms with Crippen molar-refractivity contribution < 1.29 is 19.4 Å². The van der Waals surface area contributed by atoms with Gasteiger partial charge in [-0.25, -0.2) is 0 Å². The topological polar surface area (TPSA) is 73.9 Å². The van der Waals surface area contributed by atoms with Crippen LogP contribution in [-0.2, 0) is 4.79 Å². The summed E-state index contributed by atoms with van der Waals surface area (Å²) in [6.07, 6.45) is 5.71. The molecule has 0 radical (unpaired) electrons. The number of aliphatic hydroxyl groups excluding tert-OH is 1. The monoisotopic (exact) mass is 251 g/mol. The summed E-state index contributed by atoms with van der Waals surface area (Å²) in [5.74, 6) is -0.126. The Morgan fingerprint density at radius 3 is 3.11 bits per heavy atom. The maximum absolute atomic E-state index is 11.1. The van der Waals surface area contributed by atoms with E-state index in [1.54, 1.807) is 12.3 Å². The van der Waals surface area contributed by atoms with Crippen LogP contribution < -0.4 is 0 Å². The van der Waals surface area contributed by atoms with Crippen molar-refractivity contribution >= 4 is 12.0 Å². The zero-order chi connectivity index (χ0) is 13.0. The van der Waals surface area contributed by atoms with E-state index >= 15 is 0 Å². The molecule has 1 aliphatic heterocycles. The second-order valence-electron chi connectivity index (χ2n) is 4.44. The SMILES string of the molecule is O=C(O)[C@H]1C[C@@H](O)CCN1CC=Cc1ccco1. The fraction of sp³-hybridized carbons (Fsp3) is 0.462. The maximum atomic E-state index is 11.1. The molecular formula is C13H17NO4.